The third-order valence-electron chi connectivity index (χ3n) is 21.3. The number of ether oxygens (including phenoxy) is 5. The second-order valence-electron chi connectivity index (χ2n) is 28.7. The molecule has 4 fully saturated rings. The Balaban J connectivity index is 0.597. The van der Waals surface area contributed by atoms with Crippen molar-refractivity contribution in [3.05, 3.63) is 142 Å². The second kappa shape index (κ2) is 27.5. The molecule has 2 aliphatic carbocycles. The van der Waals surface area contributed by atoms with E-state index in [4.69, 9.17) is 23.7 Å². The number of amides is 5. The smallest absolute Gasteiger partial charge is 0.416 e. The number of carbonyl (C=O) groups is 7. The Bertz CT molecular complexity index is 3930. The molecule has 6 aliphatic heterocycles. The van der Waals surface area contributed by atoms with Gasteiger partial charge in [-0.3, -0.25) is 33.8 Å². The predicted octanol–water partition coefficient (Wildman–Crippen LogP) is 10.5. The molecule has 1 unspecified atom stereocenters. The molecule has 97 heavy (non-hydrogen) atoms. The van der Waals surface area contributed by atoms with E-state index in [2.05, 4.69) is 46.1 Å². The van der Waals surface area contributed by atoms with Gasteiger partial charge in [-0.05, 0) is 155 Å². The van der Waals surface area contributed by atoms with Crippen LogP contribution < -0.4 is 45.0 Å². The van der Waals surface area contributed by atoms with E-state index in [0.29, 0.717) is 78.3 Å². The molecule has 5 atom stereocenters. The highest BCUT2D eigenvalue weighted by atomic mass is 16.6. The quantitative estimate of drug-likeness (QED) is 0.0420. The fourth-order valence-electron chi connectivity index (χ4n) is 15.3. The Morgan fingerprint density at radius 3 is 2.01 bits per heavy atom. The highest BCUT2D eigenvalue weighted by Gasteiger charge is 2.58. The summed E-state index contributed by atoms with van der Waals surface area (Å²) in [6, 6.07) is 28.5. The number of aryl methyl sites for hydroxylation is 1. The standard InChI is InChI=1S/C76H90N8O13/c1-45(2)56(35-53(85)25-26-67(87)80-41-51-15-9-10-16-54(51)69-68(78-79-84(69)46(3)4)55-17-11-12-18-59(55)80)70(88)77-47(5)62(86)33-48-19-21-49(22-20-48)42-97-74(92)83-60-38-66(64(94-7)37-58(60)72(90)82-44-76(29-30-76)40-61(82)73(83)91)96-32-14-8-13-31-95-65-34-50-23-24-52-39-75(27-28-75)43-81(52)71(89)57(50)36-63(65)93-6/h9-12,15-22,34,36-38,45-47,52,56,61,73,78-79,91H,8,13-14,23-33,35,39-44H2,1-7H3,(H,77,88)/t47-,52+,56-,61-,73?/m0/s1. The molecule has 6 heterocycles. The normalized spacial score (nSPS) is 20.4. The van der Waals surface area contributed by atoms with Crippen molar-refractivity contribution >= 4 is 64.1 Å². The van der Waals surface area contributed by atoms with E-state index in [0.717, 1.165) is 89.3 Å². The van der Waals surface area contributed by atoms with Crippen LogP contribution in [0.4, 0.5) is 16.2 Å². The van der Waals surface area contributed by atoms with Gasteiger partial charge >= 0.3 is 6.09 Å². The van der Waals surface area contributed by atoms with E-state index in [9.17, 15) is 38.7 Å². The zero-order chi connectivity index (χ0) is 68.0. The van der Waals surface area contributed by atoms with Crippen molar-refractivity contribution in [1.29, 1.82) is 0 Å². The monoisotopic (exact) mass is 1320 g/mol. The number of Topliss-reactive ketones (excluding diaryl/α,β-unsaturated/α-hetero) is 2. The van der Waals surface area contributed by atoms with E-state index in [1.165, 1.54) is 20.0 Å². The van der Waals surface area contributed by atoms with Gasteiger partial charge < -0.3 is 54.2 Å². The first-order valence-corrected chi connectivity index (χ1v) is 34.7. The molecule has 0 radical (unpaired) electrons. The number of benzene rings is 5. The number of anilines is 2. The van der Waals surface area contributed by atoms with Gasteiger partial charge in [0.2, 0.25) is 11.8 Å². The fourth-order valence-corrected chi connectivity index (χ4v) is 15.3. The van der Waals surface area contributed by atoms with Crippen LogP contribution in [0.3, 0.4) is 0 Å². The molecule has 2 saturated heterocycles. The summed E-state index contributed by atoms with van der Waals surface area (Å²) in [6.45, 7) is 11.7. The van der Waals surface area contributed by atoms with Crippen molar-refractivity contribution in [2.75, 3.05) is 50.3 Å². The van der Waals surface area contributed by atoms with E-state index in [1.54, 1.807) is 60.2 Å². The summed E-state index contributed by atoms with van der Waals surface area (Å²) < 4.78 is 30.1. The van der Waals surface area contributed by atoms with Gasteiger partial charge in [0.05, 0.1) is 74.4 Å². The molecule has 0 bridgehead atoms. The van der Waals surface area contributed by atoms with Crippen LogP contribution in [0.5, 0.6) is 23.0 Å². The number of fused-ring (bicyclic) bond motifs is 8. The number of para-hydroxylation sites is 1. The zero-order valence-corrected chi connectivity index (χ0v) is 56.7. The Labute approximate surface area is 567 Å². The van der Waals surface area contributed by atoms with Gasteiger partial charge in [-0.2, -0.15) is 0 Å². The number of hydrogen-bond donors (Lipinski definition) is 4. The molecule has 5 aromatic carbocycles. The highest BCUT2D eigenvalue weighted by molar-refractivity contribution is 6.07. The van der Waals surface area contributed by atoms with Crippen LogP contribution >= 0.6 is 0 Å². The second-order valence-corrected chi connectivity index (χ2v) is 28.7. The number of nitrogens with one attached hydrogen (secondary N) is 3. The maximum atomic E-state index is 14.5. The summed E-state index contributed by atoms with van der Waals surface area (Å²) in [7, 11) is 3.08. The Hall–Kier alpha value is -8.95. The van der Waals surface area contributed by atoms with Gasteiger partial charge in [0.1, 0.15) is 12.4 Å². The molecule has 8 aliphatic rings. The molecule has 512 valence electrons. The lowest BCUT2D eigenvalue weighted by atomic mass is 9.88. The average Bonchev–Trinajstić information content (AvgIpc) is 1.61. The van der Waals surface area contributed by atoms with Crippen molar-refractivity contribution in [3.8, 4) is 23.0 Å². The first-order chi connectivity index (χ1) is 46.7. The Morgan fingerprint density at radius 1 is 0.680 bits per heavy atom. The number of hydrogen-bond acceptors (Lipinski definition) is 16. The lowest BCUT2D eigenvalue weighted by Crippen LogP contribution is -2.50. The molecule has 5 amide bonds. The Kier molecular flexibility index (Phi) is 18.9. The lowest BCUT2D eigenvalue weighted by molar-refractivity contribution is -0.133. The molecular weight excluding hydrogens is 1230 g/mol. The number of ketones is 2. The van der Waals surface area contributed by atoms with Crippen molar-refractivity contribution in [3.63, 3.8) is 0 Å². The van der Waals surface area contributed by atoms with Crippen LogP contribution in [-0.4, -0.2) is 132 Å². The SMILES string of the molecule is COc1cc2c(cc1OCCCCCOc1cc3c(cc1OC)C(=O)N1CC4(CC4)C[C@H]1C(O)N3C(=O)OCc1ccc(CC(=O)[C@H](C)NC(=O)[C@@H](CC(=O)CCC(=O)N3Cc4ccccc4C4=C(NNN4C(C)C)c4ccccc43)C(C)C)cc1)CC[C@@H]1CC3(CC3)CN1C2=O. The summed E-state index contributed by atoms with van der Waals surface area (Å²) >= 11 is 0. The van der Waals surface area contributed by atoms with Crippen molar-refractivity contribution in [1.82, 2.24) is 31.1 Å². The molecule has 2 spiro atoms. The summed E-state index contributed by atoms with van der Waals surface area (Å²) in [5.74, 6) is -0.579. The first kappa shape index (κ1) is 66.7. The minimum atomic E-state index is -1.43. The fraction of sp³-hybridized carbons (Fsp3) is 0.487. The van der Waals surface area contributed by atoms with E-state index in [1.807, 2.05) is 68.4 Å². The van der Waals surface area contributed by atoms with Crippen molar-refractivity contribution in [2.24, 2.45) is 22.7 Å². The highest BCUT2D eigenvalue weighted by Crippen LogP contribution is 2.58. The van der Waals surface area contributed by atoms with Crippen LogP contribution in [0.1, 0.15) is 172 Å². The molecule has 0 aromatic heterocycles. The van der Waals surface area contributed by atoms with Gasteiger partial charge in [-0.25, -0.2) is 9.69 Å². The number of hydrazine groups is 2. The van der Waals surface area contributed by atoms with Crippen LogP contribution in [0.25, 0.3) is 11.4 Å². The van der Waals surface area contributed by atoms with E-state index in [-0.39, 0.29) is 109 Å². The molecule has 2 saturated carbocycles. The number of aliphatic hydroxyl groups excluding tert-OH is 1. The number of nitrogens with zero attached hydrogens (tertiary/aromatic N) is 5. The zero-order valence-electron chi connectivity index (χ0n) is 56.7. The predicted molar refractivity (Wildman–Crippen MR) is 364 cm³/mol. The minimum absolute atomic E-state index is 0.0114. The van der Waals surface area contributed by atoms with Crippen LogP contribution in [0.2, 0.25) is 0 Å². The number of carbonyl (C=O) groups excluding carboxylic acids is 7. The Morgan fingerprint density at radius 2 is 1.32 bits per heavy atom. The largest absolute Gasteiger partial charge is 0.493 e. The van der Waals surface area contributed by atoms with E-state index >= 15 is 0 Å². The van der Waals surface area contributed by atoms with Crippen molar-refractivity contribution in [2.45, 2.75) is 174 Å². The number of methoxy groups -OCH3 is 2. The van der Waals surface area contributed by atoms with Crippen LogP contribution in [0, 0.1) is 22.7 Å². The molecule has 4 N–H and O–H groups in total. The topological polar surface area (TPSA) is 238 Å². The molecule has 21 nitrogen and oxygen atoms in total. The van der Waals surface area contributed by atoms with Crippen LogP contribution in [0.15, 0.2) is 97.1 Å². The summed E-state index contributed by atoms with van der Waals surface area (Å²) in [4.78, 5) is 105. The van der Waals surface area contributed by atoms with E-state index < -0.39 is 36.2 Å². The lowest BCUT2D eigenvalue weighted by Gasteiger charge is -2.31. The number of aliphatic hydroxyl groups is 1. The number of rotatable bonds is 24. The van der Waals surface area contributed by atoms with Crippen LogP contribution in [-0.2, 0) is 49.9 Å². The molecular formula is C76H90N8O13. The maximum absolute atomic E-state index is 14.5. The average molecular weight is 1320 g/mol. The minimum Gasteiger partial charge on any atom is -0.493 e. The third kappa shape index (κ3) is 13.6. The van der Waals surface area contributed by atoms with Gasteiger partial charge in [-0.15, -0.1) is 5.53 Å². The summed E-state index contributed by atoms with van der Waals surface area (Å²) in [5.41, 5.74) is 15.5. The van der Waals surface area contributed by atoms with Gasteiger partial charge in [0.25, 0.3) is 11.8 Å². The first-order valence-electron chi connectivity index (χ1n) is 34.7. The molecule has 21 heteroatoms. The molecule has 13 rings (SSSR count). The summed E-state index contributed by atoms with van der Waals surface area (Å²) in [6.07, 6.45) is 7.25. The third-order valence-corrected chi connectivity index (χ3v) is 21.3. The van der Waals surface area contributed by atoms with Gasteiger partial charge in [0, 0.05) is 79.5 Å². The molecule has 5 aromatic rings. The van der Waals surface area contributed by atoms with Gasteiger partial charge in [-0.1, -0.05) is 80.6 Å². The summed E-state index contributed by atoms with van der Waals surface area (Å²) in [5, 5.41) is 17.1. The van der Waals surface area contributed by atoms with Crippen molar-refractivity contribution < 1.29 is 62.4 Å². The maximum Gasteiger partial charge on any atom is 0.416 e. The van der Waals surface area contributed by atoms with Gasteiger partial charge in [0.15, 0.2) is 35.0 Å². The number of unbranched alkanes of at least 4 members (excludes halogenated alkanes) is 2.